The second-order valence-corrected chi connectivity index (χ2v) is 6.91. The van der Waals surface area contributed by atoms with Gasteiger partial charge in [-0.15, -0.1) is 0 Å². The average molecular weight is 395 g/mol. The topological polar surface area (TPSA) is 95.9 Å². The number of nitrogens with zero attached hydrogens (tertiary/aromatic N) is 2. The van der Waals surface area contributed by atoms with E-state index in [0.717, 1.165) is 10.9 Å². The van der Waals surface area contributed by atoms with Gasteiger partial charge in [-0.3, -0.25) is 9.59 Å². The van der Waals surface area contributed by atoms with E-state index in [0.29, 0.717) is 31.9 Å². The number of hydrogen-bond donors (Lipinski definition) is 1. The van der Waals surface area contributed by atoms with Gasteiger partial charge in [0.25, 0.3) is 11.8 Å². The standard InChI is InChI=1S/C21H21N3O5/c1-14(29-21(27)17-13-15-5-2-3-6-16(15)22-17)19(25)23-8-10-24(11-9-23)20(26)18-7-4-12-28-18/h2-7,12-14,22H,8-11H2,1H3. The van der Waals surface area contributed by atoms with Crippen molar-refractivity contribution in [2.75, 3.05) is 26.2 Å². The third-order valence-corrected chi connectivity index (χ3v) is 4.99. The SMILES string of the molecule is CC(OC(=O)c1cc2ccccc2[nH]1)C(=O)N1CCN(C(=O)c2ccco2)CC1. The normalized spacial score (nSPS) is 15.3. The van der Waals surface area contributed by atoms with Gasteiger partial charge >= 0.3 is 5.97 Å². The van der Waals surface area contributed by atoms with Crippen molar-refractivity contribution in [1.29, 1.82) is 0 Å². The lowest BCUT2D eigenvalue weighted by molar-refractivity contribution is -0.141. The summed E-state index contributed by atoms with van der Waals surface area (Å²) in [4.78, 5) is 43.6. The number of piperazine rings is 1. The Morgan fingerprint density at radius 2 is 1.76 bits per heavy atom. The molecule has 1 aliphatic heterocycles. The van der Waals surface area contributed by atoms with Crippen LogP contribution in [0.3, 0.4) is 0 Å². The third-order valence-electron chi connectivity index (χ3n) is 4.99. The molecule has 1 atom stereocenters. The zero-order valence-corrected chi connectivity index (χ0v) is 16.0. The summed E-state index contributed by atoms with van der Waals surface area (Å²) in [5.74, 6) is -0.765. The summed E-state index contributed by atoms with van der Waals surface area (Å²) < 4.78 is 10.5. The Morgan fingerprint density at radius 3 is 2.45 bits per heavy atom. The molecule has 0 aliphatic carbocycles. The zero-order chi connectivity index (χ0) is 20.4. The summed E-state index contributed by atoms with van der Waals surface area (Å²) in [6.07, 6.45) is 0.539. The summed E-state index contributed by atoms with van der Waals surface area (Å²) in [7, 11) is 0. The minimum atomic E-state index is -0.916. The second-order valence-electron chi connectivity index (χ2n) is 6.91. The molecule has 1 N–H and O–H groups in total. The maximum atomic E-state index is 12.7. The fraction of sp³-hybridized carbons (Fsp3) is 0.286. The lowest BCUT2D eigenvalue weighted by Gasteiger charge is -2.35. The van der Waals surface area contributed by atoms with Crippen LogP contribution in [0.25, 0.3) is 10.9 Å². The van der Waals surface area contributed by atoms with E-state index in [9.17, 15) is 14.4 Å². The van der Waals surface area contributed by atoms with Crippen molar-refractivity contribution in [2.24, 2.45) is 0 Å². The van der Waals surface area contributed by atoms with Gasteiger partial charge in [-0.2, -0.15) is 0 Å². The van der Waals surface area contributed by atoms with E-state index in [1.54, 1.807) is 34.9 Å². The summed E-state index contributed by atoms with van der Waals surface area (Å²) in [5.41, 5.74) is 1.13. The van der Waals surface area contributed by atoms with Crippen molar-refractivity contribution in [3.8, 4) is 0 Å². The molecule has 150 valence electrons. The minimum absolute atomic E-state index is 0.194. The maximum absolute atomic E-state index is 12.7. The van der Waals surface area contributed by atoms with Crippen LogP contribution in [0.1, 0.15) is 28.0 Å². The Balaban J connectivity index is 1.32. The molecule has 2 amide bonds. The van der Waals surface area contributed by atoms with Crippen LogP contribution in [0, 0.1) is 0 Å². The lowest BCUT2D eigenvalue weighted by atomic mass is 10.2. The molecule has 0 spiro atoms. The van der Waals surface area contributed by atoms with E-state index in [4.69, 9.17) is 9.15 Å². The smallest absolute Gasteiger partial charge is 0.355 e. The molecule has 1 aromatic carbocycles. The van der Waals surface area contributed by atoms with Gasteiger partial charge in [0.2, 0.25) is 0 Å². The van der Waals surface area contributed by atoms with Crippen LogP contribution < -0.4 is 0 Å². The average Bonchev–Trinajstić information content (AvgIpc) is 3.42. The summed E-state index contributed by atoms with van der Waals surface area (Å²) in [5, 5.41) is 0.899. The molecule has 2 aromatic heterocycles. The lowest BCUT2D eigenvalue weighted by Crippen LogP contribution is -2.53. The Hall–Kier alpha value is -3.55. The van der Waals surface area contributed by atoms with Gasteiger partial charge < -0.3 is 23.9 Å². The number of rotatable bonds is 4. The van der Waals surface area contributed by atoms with Crippen molar-refractivity contribution in [1.82, 2.24) is 14.8 Å². The second kappa shape index (κ2) is 7.83. The van der Waals surface area contributed by atoms with Gasteiger partial charge in [-0.25, -0.2) is 4.79 Å². The molecule has 1 fully saturated rings. The number of hydrogen-bond acceptors (Lipinski definition) is 5. The number of carbonyl (C=O) groups excluding carboxylic acids is 3. The molecule has 0 radical (unpaired) electrons. The van der Waals surface area contributed by atoms with Crippen molar-refractivity contribution < 1.29 is 23.5 Å². The molecule has 3 heterocycles. The van der Waals surface area contributed by atoms with Gasteiger partial charge in [-0.05, 0) is 31.2 Å². The number of para-hydroxylation sites is 1. The number of aromatic amines is 1. The van der Waals surface area contributed by atoms with Crippen LogP contribution in [-0.2, 0) is 9.53 Å². The molecule has 1 saturated heterocycles. The third kappa shape index (κ3) is 3.87. The fourth-order valence-corrected chi connectivity index (χ4v) is 3.40. The first-order chi connectivity index (χ1) is 14.0. The summed E-state index contributed by atoms with van der Waals surface area (Å²) in [6, 6.07) is 12.5. The number of carbonyl (C=O) groups is 3. The number of furan rings is 1. The number of ether oxygens (including phenoxy) is 1. The maximum Gasteiger partial charge on any atom is 0.355 e. The Labute approximate surface area is 167 Å². The fourth-order valence-electron chi connectivity index (χ4n) is 3.40. The highest BCUT2D eigenvalue weighted by atomic mass is 16.5. The quantitative estimate of drug-likeness (QED) is 0.684. The van der Waals surface area contributed by atoms with E-state index < -0.39 is 12.1 Å². The molecule has 8 nitrogen and oxygen atoms in total. The predicted molar refractivity (Wildman–Crippen MR) is 104 cm³/mol. The number of nitrogens with one attached hydrogen (secondary N) is 1. The Kier molecular flexibility index (Phi) is 5.07. The van der Waals surface area contributed by atoms with Crippen LogP contribution in [0.5, 0.6) is 0 Å². The predicted octanol–water partition coefficient (Wildman–Crippen LogP) is 2.29. The first kappa shape index (κ1) is 18.8. The molecule has 0 bridgehead atoms. The van der Waals surface area contributed by atoms with Gasteiger partial charge in [0.1, 0.15) is 5.69 Å². The number of fused-ring (bicyclic) bond motifs is 1. The van der Waals surface area contributed by atoms with Crippen molar-refractivity contribution >= 4 is 28.7 Å². The van der Waals surface area contributed by atoms with Crippen LogP contribution in [0.2, 0.25) is 0 Å². The number of aromatic nitrogens is 1. The summed E-state index contributed by atoms with van der Waals surface area (Å²) in [6.45, 7) is 3.10. The molecule has 0 saturated carbocycles. The van der Waals surface area contributed by atoms with Gasteiger partial charge in [-0.1, -0.05) is 18.2 Å². The molecular formula is C21H21N3O5. The highest BCUT2D eigenvalue weighted by molar-refractivity contribution is 5.96. The monoisotopic (exact) mass is 395 g/mol. The number of amides is 2. The number of benzene rings is 1. The largest absolute Gasteiger partial charge is 0.459 e. The molecule has 29 heavy (non-hydrogen) atoms. The van der Waals surface area contributed by atoms with Crippen molar-refractivity contribution in [3.05, 3.63) is 60.2 Å². The molecule has 1 aliphatic rings. The molecular weight excluding hydrogens is 374 g/mol. The van der Waals surface area contributed by atoms with E-state index in [-0.39, 0.29) is 17.6 Å². The van der Waals surface area contributed by atoms with Crippen molar-refractivity contribution in [2.45, 2.75) is 13.0 Å². The van der Waals surface area contributed by atoms with Crippen LogP contribution in [0.4, 0.5) is 0 Å². The minimum Gasteiger partial charge on any atom is -0.459 e. The van der Waals surface area contributed by atoms with E-state index in [2.05, 4.69) is 4.98 Å². The van der Waals surface area contributed by atoms with Crippen molar-refractivity contribution in [3.63, 3.8) is 0 Å². The van der Waals surface area contributed by atoms with E-state index in [1.165, 1.54) is 6.26 Å². The van der Waals surface area contributed by atoms with E-state index in [1.807, 2.05) is 24.3 Å². The first-order valence-corrected chi connectivity index (χ1v) is 9.43. The van der Waals surface area contributed by atoms with E-state index >= 15 is 0 Å². The molecule has 1 unspecified atom stereocenters. The highest BCUT2D eigenvalue weighted by Crippen LogP contribution is 2.16. The highest BCUT2D eigenvalue weighted by Gasteiger charge is 2.30. The number of H-pyrrole nitrogens is 1. The Morgan fingerprint density at radius 1 is 1.03 bits per heavy atom. The molecule has 3 aromatic rings. The van der Waals surface area contributed by atoms with Crippen LogP contribution in [0.15, 0.2) is 53.1 Å². The summed E-state index contributed by atoms with van der Waals surface area (Å²) >= 11 is 0. The molecule has 4 rings (SSSR count). The molecule has 8 heteroatoms. The van der Waals surface area contributed by atoms with Gasteiger partial charge in [0, 0.05) is 37.1 Å². The number of esters is 1. The van der Waals surface area contributed by atoms with Crippen LogP contribution in [-0.4, -0.2) is 64.9 Å². The van der Waals surface area contributed by atoms with Gasteiger partial charge in [0.05, 0.1) is 6.26 Å². The first-order valence-electron chi connectivity index (χ1n) is 9.43. The van der Waals surface area contributed by atoms with Crippen LogP contribution >= 0.6 is 0 Å². The van der Waals surface area contributed by atoms with Gasteiger partial charge in [0.15, 0.2) is 11.9 Å². The Bertz CT molecular complexity index is 999. The zero-order valence-electron chi connectivity index (χ0n) is 16.0.